The van der Waals surface area contributed by atoms with E-state index in [4.69, 9.17) is 16.6 Å². The predicted octanol–water partition coefficient (Wildman–Crippen LogP) is 3.01. The first-order chi connectivity index (χ1) is 15.4. The van der Waals surface area contributed by atoms with Crippen LogP contribution in [0.1, 0.15) is 30.6 Å². The number of aryl methyl sites for hydroxylation is 1. The Kier molecular flexibility index (Phi) is 6.72. The van der Waals surface area contributed by atoms with Crippen LogP contribution in [-0.2, 0) is 4.79 Å². The topological polar surface area (TPSA) is 79.2 Å². The molecular weight excluding hydrogens is 426 g/mol. The summed E-state index contributed by atoms with van der Waals surface area (Å²) >= 11 is 5.98. The minimum Gasteiger partial charge on any atom is -0.350 e. The molecule has 9 heteroatoms. The molecule has 4 rings (SSSR count). The molecule has 2 atom stereocenters. The largest absolute Gasteiger partial charge is 0.350 e. The van der Waals surface area contributed by atoms with Crippen LogP contribution in [0.5, 0.6) is 0 Å². The van der Waals surface area contributed by atoms with E-state index >= 15 is 0 Å². The van der Waals surface area contributed by atoms with Gasteiger partial charge < -0.3 is 15.1 Å². The summed E-state index contributed by atoms with van der Waals surface area (Å²) in [4.78, 5) is 30.8. The molecule has 0 radical (unpaired) electrons. The molecule has 2 aromatic heterocycles. The first kappa shape index (κ1) is 22.2. The molecule has 168 valence electrons. The number of nitrogens with one attached hydrogen (secondary N) is 1. The lowest BCUT2D eigenvalue weighted by molar-refractivity contribution is -0.122. The first-order valence-corrected chi connectivity index (χ1v) is 11.1. The molecule has 2 unspecified atom stereocenters. The molecule has 0 bridgehead atoms. The number of likely N-dealkylation sites (N-methyl/N-ethyl adjacent to an activating group) is 1. The Bertz CT molecular complexity index is 1050. The van der Waals surface area contributed by atoms with E-state index in [1.165, 1.54) is 0 Å². The van der Waals surface area contributed by atoms with Crippen molar-refractivity contribution in [2.75, 3.05) is 31.6 Å². The molecule has 1 N–H and O–H groups in total. The molecule has 0 saturated carbocycles. The molecule has 1 aliphatic rings. The number of imidazole rings is 1. The summed E-state index contributed by atoms with van der Waals surface area (Å²) in [7, 11) is 2.08. The van der Waals surface area contributed by atoms with Crippen LogP contribution in [0.15, 0.2) is 49.1 Å². The number of anilines is 1. The van der Waals surface area contributed by atoms with Crippen LogP contribution in [0.25, 0.3) is 5.95 Å². The molecule has 1 aliphatic heterocycles. The number of halogens is 1. The van der Waals surface area contributed by atoms with E-state index in [2.05, 4.69) is 32.1 Å². The van der Waals surface area contributed by atoms with Crippen molar-refractivity contribution in [1.82, 2.24) is 29.7 Å². The summed E-state index contributed by atoms with van der Waals surface area (Å²) in [6.45, 7) is 6.42. The van der Waals surface area contributed by atoms with E-state index in [9.17, 15) is 4.79 Å². The predicted molar refractivity (Wildman–Crippen MR) is 125 cm³/mol. The van der Waals surface area contributed by atoms with Gasteiger partial charge in [-0.1, -0.05) is 23.7 Å². The summed E-state index contributed by atoms with van der Waals surface area (Å²) in [5.74, 6) is 1.42. The third kappa shape index (κ3) is 5.26. The van der Waals surface area contributed by atoms with Crippen molar-refractivity contribution in [3.8, 4) is 5.95 Å². The zero-order valence-electron chi connectivity index (χ0n) is 18.6. The van der Waals surface area contributed by atoms with Crippen LogP contribution in [0.3, 0.4) is 0 Å². The highest BCUT2D eigenvalue weighted by Crippen LogP contribution is 2.23. The van der Waals surface area contributed by atoms with Crippen molar-refractivity contribution in [2.45, 2.75) is 32.4 Å². The zero-order valence-corrected chi connectivity index (χ0v) is 19.3. The monoisotopic (exact) mass is 453 g/mol. The van der Waals surface area contributed by atoms with E-state index in [-0.39, 0.29) is 18.0 Å². The van der Waals surface area contributed by atoms with Crippen molar-refractivity contribution in [2.24, 2.45) is 0 Å². The standard InChI is InChI=1S/C23H28ClN7O/c1-16-12-21(28-23(26-16)30-9-8-25-15-30)31-11-10-29(3)14-20(31)13-22(32)27-17(2)18-4-6-19(24)7-5-18/h4-9,12,15,17,20H,10-11,13-14H2,1-3H3,(H,27,32). The third-order valence-electron chi connectivity index (χ3n) is 5.71. The van der Waals surface area contributed by atoms with Crippen molar-refractivity contribution in [3.63, 3.8) is 0 Å². The Morgan fingerprint density at radius 1 is 1.25 bits per heavy atom. The lowest BCUT2D eigenvalue weighted by Crippen LogP contribution is -2.54. The van der Waals surface area contributed by atoms with Crippen LogP contribution in [0.4, 0.5) is 5.82 Å². The van der Waals surface area contributed by atoms with Crippen molar-refractivity contribution in [1.29, 1.82) is 0 Å². The van der Waals surface area contributed by atoms with Crippen LogP contribution in [0.2, 0.25) is 5.02 Å². The first-order valence-electron chi connectivity index (χ1n) is 10.7. The van der Waals surface area contributed by atoms with Crippen molar-refractivity contribution >= 4 is 23.3 Å². The number of nitrogens with zero attached hydrogens (tertiary/aromatic N) is 6. The molecule has 1 amide bonds. The van der Waals surface area contributed by atoms with Crippen LogP contribution in [0, 0.1) is 6.92 Å². The van der Waals surface area contributed by atoms with Crippen LogP contribution in [-0.4, -0.2) is 63.0 Å². The second kappa shape index (κ2) is 9.67. The normalized spacial score (nSPS) is 17.9. The summed E-state index contributed by atoms with van der Waals surface area (Å²) in [5, 5.41) is 3.81. The second-order valence-electron chi connectivity index (χ2n) is 8.29. The Morgan fingerprint density at radius 2 is 2.03 bits per heavy atom. The second-order valence-corrected chi connectivity index (χ2v) is 8.73. The maximum atomic E-state index is 12.9. The van der Waals surface area contributed by atoms with Gasteiger partial charge in [-0.3, -0.25) is 9.36 Å². The Balaban J connectivity index is 1.50. The number of benzene rings is 1. The summed E-state index contributed by atoms with van der Waals surface area (Å²) < 4.78 is 1.79. The average Bonchev–Trinajstić information content (AvgIpc) is 3.29. The number of carbonyl (C=O) groups excluding carboxylic acids is 1. The lowest BCUT2D eigenvalue weighted by Gasteiger charge is -2.40. The number of aromatic nitrogens is 4. The van der Waals surface area contributed by atoms with Gasteiger partial charge in [0.05, 0.1) is 12.1 Å². The fraction of sp³-hybridized carbons (Fsp3) is 0.391. The summed E-state index contributed by atoms with van der Waals surface area (Å²) in [6, 6.07) is 9.46. The van der Waals surface area contributed by atoms with Gasteiger partial charge in [0, 0.05) is 55.2 Å². The quantitative estimate of drug-likeness (QED) is 0.618. The highest BCUT2D eigenvalue weighted by Gasteiger charge is 2.29. The molecule has 1 aromatic carbocycles. The number of piperazine rings is 1. The molecule has 1 saturated heterocycles. The van der Waals surface area contributed by atoms with Gasteiger partial charge in [0.2, 0.25) is 11.9 Å². The van der Waals surface area contributed by atoms with Gasteiger partial charge in [-0.2, -0.15) is 4.98 Å². The van der Waals surface area contributed by atoms with Gasteiger partial charge in [0.15, 0.2) is 0 Å². The molecule has 32 heavy (non-hydrogen) atoms. The van der Waals surface area contributed by atoms with Gasteiger partial charge in [0.1, 0.15) is 12.1 Å². The van der Waals surface area contributed by atoms with Gasteiger partial charge in [0.25, 0.3) is 0 Å². The van der Waals surface area contributed by atoms with Gasteiger partial charge >= 0.3 is 0 Å². The highest BCUT2D eigenvalue weighted by atomic mass is 35.5. The maximum Gasteiger partial charge on any atom is 0.237 e. The van der Waals surface area contributed by atoms with Crippen LogP contribution < -0.4 is 10.2 Å². The van der Waals surface area contributed by atoms with Gasteiger partial charge in [-0.05, 0) is 38.6 Å². The minimum absolute atomic E-state index is 0.0103. The Labute approximate surface area is 193 Å². The Hall–Kier alpha value is -2.97. The third-order valence-corrected chi connectivity index (χ3v) is 5.96. The van der Waals surface area contributed by atoms with E-state index in [0.29, 0.717) is 17.4 Å². The number of carbonyl (C=O) groups is 1. The van der Waals surface area contributed by atoms with E-state index in [0.717, 1.165) is 36.7 Å². The highest BCUT2D eigenvalue weighted by molar-refractivity contribution is 6.30. The lowest BCUT2D eigenvalue weighted by atomic mass is 10.1. The fourth-order valence-electron chi connectivity index (χ4n) is 4.01. The number of hydrogen-bond acceptors (Lipinski definition) is 6. The van der Waals surface area contributed by atoms with Gasteiger partial charge in [-0.25, -0.2) is 9.97 Å². The SMILES string of the molecule is Cc1cc(N2CCN(C)CC2CC(=O)NC(C)c2ccc(Cl)cc2)nc(-n2ccnc2)n1. The van der Waals surface area contributed by atoms with Crippen molar-refractivity contribution < 1.29 is 4.79 Å². The zero-order chi connectivity index (χ0) is 22.7. The molecule has 3 aromatic rings. The van der Waals surface area contributed by atoms with E-state index in [1.54, 1.807) is 17.1 Å². The maximum absolute atomic E-state index is 12.9. The average molecular weight is 454 g/mol. The minimum atomic E-state index is -0.0938. The summed E-state index contributed by atoms with van der Waals surface area (Å²) in [5.41, 5.74) is 1.90. The summed E-state index contributed by atoms with van der Waals surface area (Å²) in [6.07, 6.45) is 5.60. The molecular formula is C23H28ClN7O. The number of hydrogen-bond donors (Lipinski definition) is 1. The van der Waals surface area contributed by atoms with Crippen molar-refractivity contribution in [3.05, 3.63) is 65.3 Å². The smallest absolute Gasteiger partial charge is 0.237 e. The van der Waals surface area contributed by atoms with Crippen LogP contribution >= 0.6 is 11.6 Å². The molecule has 8 nitrogen and oxygen atoms in total. The molecule has 3 heterocycles. The molecule has 0 spiro atoms. The number of rotatable bonds is 6. The van der Waals surface area contributed by atoms with E-state index in [1.807, 2.05) is 50.4 Å². The fourth-order valence-corrected chi connectivity index (χ4v) is 4.14. The molecule has 0 aliphatic carbocycles. The van der Waals surface area contributed by atoms with E-state index < -0.39 is 0 Å². The Morgan fingerprint density at radius 3 is 2.75 bits per heavy atom. The van der Waals surface area contributed by atoms with Gasteiger partial charge in [-0.15, -0.1) is 0 Å². The number of amides is 1. The molecule has 1 fully saturated rings.